The molecule has 2 rings (SSSR count). The molecule has 2 heterocycles. The summed E-state index contributed by atoms with van der Waals surface area (Å²) in [5, 5.41) is 10.0. The molecule has 2 N–H and O–H groups in total. The summed E-state index contributed by atoms with van der Waals surface area (Å²) in [4.78, 5) is 24.1. The van der Waals surface area contributed by atoms with Gasteiger partial charge in [0.15, 0.2) is 5.60 Å². The summed E-state index contributed by atoms with van der Waals surface area (Å²) in [5.74, 6) is -0.435. The van der Waals surface area contributed by atoms with E-state index in [1.165, 1.54) is 11.3 Å². The monoisotopic (exact) mass is 298 g/mol. The number of carbonyl (C=O) groups excluding carboxylic acids is 2. The van der Waals surface area contributed by atoms with Crippen LogP contribution in [0.1, 0.15) is 39.5 Å². The van der Waals surface area contributed by atoms with Crippen molar-refractivity contribution in [2.45, 2.75) is 45.1 Å². The Morgan fingerprint density at radius 1 is 1.65 bits per heavy atom. The number of aromatic nitrogens is 2. The van der Waals surface area contributed by atoms with Crippen LogP contribution in [0.15, 0.2) is 5.51 Å². The predicted octanol–water partition coefficient (Wildman–Crippen LogP) is 0.814. The Labute approximate surface area is 121 Å². The van der Waals surface area contributed by atoms with Gasteiger partial charge in [0, 0.05) is 6.42 Å². The summed E-state index contributed by atoms with van der Waals surface area (Å²) in [5.41, 5.74) is 0.644. The number of Topliss-reactive ketones (excluding diaryl/α,β-unsaturated/α-hetero) is 1. The van der Waals surface area contributed by atoms with Gasteiger partial charge in [0.1, 0.15) is 12.1 Å². The largest absolute Gasteiger partial charge is 0.451 e. The molecule has 7 heteroatoms. The summed E-state index contributed by atoms with van der Waals surface area (Å²) in [6.07, 6.45) is 3.33. The number of carbonyl (C=O) groups is 2. The second-order valence-corrected chi connectivity index (χ2v) is 6.17. The molecule has 1 fully saturated rings. The third-order valence-corrected chi connectivity index (χ3v) is 4.32. The van der Waals surface area contributed by atoms with E-state index in [1.54, 1.807) is 17.8 Å². The molecule has 0 spiro atoms. The fourth-order valence-corrected chi connectivity index (χ4v) is 2.88. The fourth-order valence-electron chi connectivity index (χ4n) is 2.41. The summed E-state index contributed by atoms with van der Waals surface area (Å²) >= 11 is 1.38. The molecule has 1 aliphatic rings. The number of cyclic esters (lactones) is 1. The van der Waals surface area contributed by atoms with E-state index in [-0.39, 0.29) is 24.2 Å². The highest BCUT2D eigenvalue weighted by Gasteiger charge is 2.48. The molecule has 1 aliphatic heterocycles. The van der Waals surface area contributed by atoms with Crippen LogP contribution in [0.2, 0.25) is 0 Å². The molecule has 0 radical (unpaired) electrons. The van der Waals surface area contributed by atoms with Gasteiger partial charge < -0.3 is 4.74 Å². The zero-order chi connectivity index (χ0) is 14.6. The molecule has 0 aliphatic carbocycles. The van der Waals surface area contributed by atoms with E-state index >= 15 is 0 Å². The first-order valence-corrected chi connectivity index (χ1v) is 7.78. The zero-order valence-electron chi connectivity index (χ0n) is 11.8. The van der Waals surface area contributed by atoms with Crippen molar-refractivity contribution >= 4 is 28.2 Å². The van der Waals surface area contributed by atoms with Gasteiger partial charge in [0.05, 0.1) is 5.92 Å². The third kappa shape index (κ3) is 3.40. The molecule has 0 amide bonds. The number of unbranched alkanes of at least 4 members (excludes halogenated alkanes) is 1. The molecule has 0 saturated carbocycles. The normalized spacial score (nSPS) is 25.7. The molecule has 0 aromatic carbocycles. The van der Waals surface area contributed by atoms with Crippen molar-refractivity contribution in [2.75, 3.05) is 6.54 Å². The topological polar surface area (TPSA) is 85.8 Å². The van der Waals surface area contributed by atoms with Gasteiger partial charge in [-0.1, -0.05) is 24.9 Å². The molecule has 2 unspecified atom stereocenters. The van der Waals surface area contributed by atoms with Crippen molar-refractivity contribution in [3.8, 4) is 0 Å². The van der Waals surface area contributed by atoms with Gasteiger partial charge in [-0.2, -0.15) is 0 Å². The number of rotatable bonds is 7. The second kappa shape index (κ2) is 6.41. The molecule has 1 saturated heterocycles. The van der Waals surface area contributed by atoms with Crippen molar-refractivity contribution in [3.05, 3.63) is 5.51 Å². The van der Waals surface area contributed by atoms with Gasteiger partial charge in [-0.25, -0.2) is 0 Å². The van der Waals surface area contributed by atoms with Crippen LogP contribution in [-0.2, 0) is 14.3 Å². The SMILES string of the molecule is CCCCC1CC(C)(C(=O)C[NH2+]c2nncs2)OC1=O. The summed E-state index contributed by atoms with van der Waals surface area (Å²) in [6.45, 7) is 4.02. The van der Waals surface area contributed by atoms with Crippen LogP contribution < -0.4 is 5.32 Å². The molecule has 110 valence electrons. The number of nitrogens with two attached hydrogens (primary N) is 1. The van der Waals surface area contributed by atoms with Crippen molar-refractivity contribution < 1.29 is 19.6 Å². The first kappa shape index (κ1) is 15.1. The van der Waals surface area contributed by atoms with Crippen LogP contribution in [0.3, 0.4) is 0 Å². The van der Waals surface area contributed by atoms with Crippen LogP contribution in [-0.4, -0.2) is 34.1 Å². The van der Waals surface area contributed by atoms with Crippen LogP contribution in [0.5, 0.6) is 0 Å². The Kier molecular flexibility index (Phi) is 4.82. The quantitative estimate of drug-likeness (QED) is 0.753. The minimum Gasteiger partial charge on any atom is -0.451 e. The van der Waals surface area contributed by atoms with E-state index in [0.717, 1.165) is 19.3 Å². The highest BCUT2D eigenvalue weighted by molar-refractivity contribution is 7.12. The maximum Gasteiger partial charge on any atom is 0.310 e. The van der Waals surface area contributed by atoms with Gasteiger partial charge in [-0.15, -0.1) is 5.10 Å². The molecular weight excluding hydrogens is 278 g/mol. The molecule has 20 heavy (non-hydrogen) atoms. The van der Waals surface area contributed by atoms with Gasteiger partial charge >= 0.3 is 11.1 Å². The molecule has 1 aromatic rings. The van der Waals surface area contributed by atoms with E-state index in [1.807, 2.05) is 0 Å². The first-order chi connectivity index (χ1) is 9.55. The highest BCUT2D eigenvalue weighted by Crippen LogP contribution is 2.34. The van der Waals surface area contributed by atoms with E-state index in [0.29, 0.717) is 11.6 Å². The smallest absolute Gasteiger partial charge is 0.310 e. The number of esters is 1. The van der Waals surface area contributed by atoms with E-state index < -0.39 is 5.60 Å². The van der Waals surface area contributed by atoms with Crippen molar-refractivity contribution in [2.24, 2.45) is 5.92 Å². The Balaban J connectivity index is 1.90. The van der Waals surface area contributed by atoms with E-state index in [2.05, 4.69) is 17.1 Å². The maximum atomic E-state index is 12.3. The standard InChI is InChI=1S/C13H19N3O3S/c1-3-4-5-9-6-13(2,19-11(9)18)10(17)7-14-12-16-15-8-20-12/h8-9H,3-7H2,1-2H3,(H,14,16)/p+1. The number of ether oxygens (including phenoxy) is 1. The average molecular weight is 298 g/mol. The molecule has 6 nitrogen and oxygen atoms in total. The molecule has 2 atom stereocenters. The minimum absolute atomic E-state index is 0.0694. The zero-order valence-corrected chi connectivity index (χ0v) is 12.6. The predicted molar refractivity (Wildman–Crippen MR) is 73.5 cm³/mol. The first-order valence-electron chi connectivity index (χ1n) is 6.90. The molecule has 1 aromatic heterocycles. The van der Waals surface area contributed by atoms with Crippen LogP contribution in [0, 0.1) is 5.92 Å². The average Bonchev–Trinajstić information content (AvgIpc) is 3.02. The van der Waals surface area contributed by atoms with Crippen molar-refractivity contribution in [1.29, 1.82) is 0 Å². The van der Waals surface area contributed by atoms with Crippen molar-refractivity contribution in [1.82, 2.24) is 10.2 Å². The molecular formula is C13H20N3O3S+. The minimum atomic E-state index is -0.976. The summed E-state index contributed by atoms with van der Waals surface area (Å²) in [6, 6.07) is 0. The van der Waals surface area contributed by atoms with Gasteiger partial charge in [-0.05, 0) is 24.7 Å². The number of nitrogens with zero attached hydrogens (tertiary/aromatic N) is 2. The van der Waals surface area contributed by atoms with Gasteiger partial charge in [0.25, 0.3) is 0 Å². The Bertz CT molecular complexity index is 477. The summed E-state index contributed by atoms with van der Waals surface area (Å²) in [7, 11) is 0. The van der Waals surface area contributed by atoms with Crippen molar-refractivity contribution in [3.63, 3.8) is 0 Å². The Morgan fingerprint density at radius 2 is 2.45 bits per heavy atom. The lowest BCUT2D eigenvalue weighted by Crippen LogP contribution is -2.81. The number of hydrogen-bond acceptors (Lipinski definition) is 6. The van der Waals surface area contributed by atoms with Gasteiger partial charge in [0.2, 0.25) is 5.78 Å². The van der Waals surface area contributed by atoms with Gasteiger partial charge in [-0.3, -0.25) is 14.9 Å². The lowest BCUT2D eigenvalue weighted by Gasteiger charge is -2.19. The second-order valence-electron chi connectivity index (χ2n) is 5.30. The highest BCUT2D eigenvalue weighted by atomic mass is 32.1. The van der Waals surface area contributed by atoms with E-state index in [4.69, 9.17) is 4.74 Å². The number of ketones is 1. The molecule has 0 bridgehead atoms. The number of hydrogen-bond donors (Lipinski definition) is 1. The fraction of sp³-hybridized carbons (Fsp3) is 0.692. The summed E-state index contributed by atoms with van der Waals surface area (Å²) < 4.78 is 5.35. The Morgan fingerprint density at radius 3 is 3.10 bits per heavy atom. The number of quaternary nitrogens is 1. The van der Waals surface area contributed by atoms with Crippen LogP contribution in [0.4, 0.5) is 5.13 Å². The van der Waals surface area contributed by atoms with E-state index in [9.17, 15) is 9.59 Å². The lowest BCUT2D eigenvalue weighted by atomic mass is 9.89. The Hall–Kier alpha value is -1.34. The maximum absolute atomic E-state index is 12.3. The third-order valence-electron chi connectivity index (χ3n) is 3.63. The van der Waals surface area contributed by atoms with Crippen LogP contribution in [0.25, 0.3) is 0 Å². The van der Waals surface area contributed by atoms with Crippen LogP contribution >= 0.6 is 11.3 Å². The lowest BCUT2D eigenvalue weighted by molar-refractivity contribution is -0.559.